The van der Waals surface area contributed by atoms with Gasteiger partial charge in [0.05, 0.1) is 18.3 Å². The van der Waals surface area contributed by atoms with Crippen LogP contribution < -0.4 is 16.7 Å². The molecule has 0 unspecified atom stereocenters. The highest BCUT2D eigenvalue weighted by atomic mass is 19.1. The topological polar surface area (TPSA) is 137 Å². The fourth-order valence-electron chi connectivity index (χ4n) is 2.49. The van der Waals surface area contributed by atoms with Crippen LogP contribution in [-0.4, -0.2) is 31.9 Å². The molecular weight excluding hydrogens is 383 g/mol. The third-order valence-electron chi connectivity index (χ3n) is 3.97. The highest BCUT2D eigenvalue weighted by Crippen LogP contribution is 2.15. The molecule has 0 saturated heterocycles. The second-order valence-electron chi connectivity index (χ2n) is 5.93. The fraction of sp³-hybridized carbons (Fsp3) is 0.0526. The van der Waals surface area contributed by atoms with Crippen LogP contribution in [0.4, 0.5) is 4.39 Å². The number of rotatable bonds is 5. The van der Waals surface area contributed by atoms with Gasteiger partial charge in [0.15, 0.2) is 0 Å². The van der Waals surface area contributed by atoms with Gasteiger partial charge in [0.2, 0.25) is 5.88 Å². The number of aromatic nitrogens is 2. The summed E-state index contributed by atoms with van der Waals surface area (Å²) < 4.78 is 13.9. The number of carbonyl (C=O) groups excluding carboxylic acids is 1. The highest BCUT2D eigenvalue weighted by molar-refractivity contribution is 5.97. The molecule has 148 valence electrons. The number of aromatic hydroxyl groups is 2. The Bertz CT molecular complexity index is 1200. The lowest BCUT2D eigenvalue weighted by Crippen LogP contribution is -2.32. The van der Waals surface area contributed by atoms with Gasteiger partial charge < -0.3 is 10.2 Å². The molecule has 10 heteroatoms. The number of carbonyl (C=O) groups is 1. The number of amides is 1. The SMILES string of the molecule is O=C(N/N=C\c1c(O)n(Cc2ccc(F)cc2)c(=O)[nH]c1=O)c1ccccc1O. The third kappa shape index (κ3) is 4.38. The molecule has 0 aliphatic rings. The molecule has 4 N–H and O–H groups in total. The maximum atomic E-state index is 13.0. The summed E-state index contributed by atoms with van der Waals surface area (Å²) in [6.07, 6.45) is 0.868. The Balaban J connectivity index is 1.85. The fourth-order valence-corrected chi connectivity index (χ4v) is 2.49. The normalized spacial score (nSPS) is 10.9. The smallest absolute Gasteiger partial charge is 0.331 e. The van der Waals surface area contributed by atoms with Crippen LogP contribution in [0.5, 0.6) is 11.6 Å². The van der Waals surface area contributed by atoms with Gasteiger partial charge in [-0.15, -0.1) is 0 Å². The monoisotopic (exact) mass is 398 g/mol. The van der Waals surface area contributed by atoms with Crippen LogP contribution in [0.15, 0.2) is 63.2 Å². The molecule has 0 spiro atoms. The van der Waals surface area contributed by atoms with Gasteiger partial charge in [0, 0.05) is 0 Å². The number of benzene rings is 2. The van der Waals surface area contributed by atoms with Gasteiger partial charge in [-0.05, 0) is 29.8 Å². The van der Waals surface area contributed by atoms with Gasteiger partial charge in [-0.25, -0.2) is 14.6 Å². The molecule has 0 bridgehead atoms. The zero-order chi connectivity index (χ0) is 21.0. The second kappa shape index (κ2) is 8.21. The number of halogens is 1. The van der Waals surface area contributed by atoms with Gasteiger partial charge in [-0.1, -0.05) is 24.3 Å². The molecule has 0 aliphatic carbocycles. The standard InChI is InChI=1S/C19H15FN4O5/c20-12-7-5-11(6-8-12)10-24-18(28)14(16(26)22-19(24)29)9-21-23-17(27)13-3-1-2-4-15(13)25/h1-9,25,28H,10H2,(H,23,27)(H,22,26,29)/b21-9-. The van der Waals surface area contributed by atoms with Crippen LogP contribution in [0.2, 0.25) is 0 Å². The van der Waals surface area contributed by atoms with Gasteiger partial charge >= 0.3 is 5.69 Å². The number of nitrogens with zero attached hydrogens (tertiary/aromatic N) is 2. The maximum absolute atomic E-state index is 13.0. The Hall–Kier alpha value is -4.21. The van der Waals surface area contributed by atoms with Crippen molar-refractivity contribution in [1.29, 1.82) is 0 Å². The minimum absolute atomic E-state index is 0.0379. The molecule has 0 atom stereocenters. The van der Waals surface area contributed by atoms with E-state index in [0.717, 1.165) is 10.8 Å². The molecule has 0 aliphatic heterocycles. The maximum Gasteiger partial charge on any atom is 0.331 e. The molecule has 0 saturated carbocycles. The average molecular weight is 398 g/mol. The molecule has 29 heavy (non-hydrogen) atoms. The van der Waals surface area contributed by atoms with Crippen molar-refractivity contribution in [3.05, 3.63) is 91.9 Å². The van der Waals surface area contributed by atoms with E-state index < -0.39 is 28.9 Å². The van der Waals surface area contributed by atoms with E-state index in [-0.39, 0.29) is 23.4 Å². The first-order valence-corrected chi connectivity index (χ1v) is 8.28. The molecule has 3 rings (SSSR count). The number of aromatic amines is 1. The summed E-state index contributed by atoms with van der Waals surface area (Å²) >= 11 is 0. The summed E-state index contributed by atoms with van der Waals surface area (Å²) in [6, 6.07) is 11.0. The summed E-state index contributed by atoms with van der Waals surface area (Å²) in [5, 5.41) is 23.5. The second-order valence-corrected chi connectivity index (χ2v) is 5.93. The number of phenols is 1. The molecule has 2 aromatic carbocycles. The van der Waals surface area contributed by atoms with Crippen molar-refractivity contribution >= 4 is 12.1 Å². The van der Waals surface area contributed by atoms with Crippen molar-refractivity contribution < 1.29 is 19.4 Å². The molecule has 1 aromatic heterocycles. The Kier molecular flexibility index (Phi) is 5.54. The van der Waals surface area contributed by atoms with E-state index in [9.17, 15) is 29.0 Å². The Morgan fingerprint density at radius 3 is 2.52 bits per heavy atom. The van der Waals surface area contributed by atoms with Crippen molar-refractivity contribution in [1.82, 2.24) is 15.0 Å². The van der Waals surface area contributed by atoms with Gasteiger partial charge in [0.25, 0.3) is 11.5 Å². The number of nitrogens with one attached hydrogen (secondary N) is 2. The van der Waals surface area contributed by atoms with Crippen molar-refractivity contribution in [3.63, 3.8) is 0 Å². The van der Waals surface area contributed by atoms with E-state index in [1.807, 2.05) is 4.98 Å². The van der Waals surface area contributed by atoms with Gasteiger partial charge in [-0.2, -0.15) is 5.10 Å². The summed E-state index contributed by atoms with van der Waals surface area (Å²) in [7, 11) is 0. The molecule has 0 radical (unpaired) electrons. The largest absolute Gasteiger partial charge is 0.507 e. The minimum atomic E-state index is -0.914. The van der Waals surface area contributed by atoms with Crippen molar-refractivity contribution in [2.45, 2.75) is 6.54 Å². The summed E-state index contributed by atoms with van der Waals surface area (Å²) in [6.45, 7) is -0.132. The van der Waals surface area contributed by atoms with E-state index in [0.29, 0.717) is 5.56 Å². The predicted octanol–water partition coefficient (Wildman–Crippen LogP) is 0.899. The highest BCUT2D eigenvalue weighted by Gasteiger charge is 2.14. The van der Waals surface area contributed by atoms with Crippen molar-refractivity contribution in [2.75, 3.05) is 0 Å². The van der Waals surface area contributed by atoms with Gasteiger partial charge in [0.1, 0.15) is 17.1 Å². The van der Waals surface area contributed by atoms with E-state index in [1.54, 1.807) is 6.07 Å². The summed E-state index contributed by atoms with van der Waals surface area (Å²) in [4.78, 5) is 38.0. The van der Waals surface area contributed by atoms with Crippen LogP contribution >= 0.6 is 0 Å². The average Bonchev–Trinajstić information content (AvgIpc) is 2.69. The van der Waals surface area contributed by atoms with E-state index >= 15 is 0 Å². The molecule has 1 heterocycles. The van der Waals surface area contributed by atoms with Crippen molar-refractivity contribution in [2.24, 2.45) is 5.10 Å². The van der Waals surface area contributed by atoms with Crippen LogP contribution in [0.3, 0.4) is 0 Å². The predicted molar refractivity (Wildman–Crippen MR) is 102 cm³/mol. The molecule has 1 amide bonds. The van der Waals surface area contributed by atoms with E-state index in [2.05, 4.69) is 10.5 Å². The van der Waals surface area contributed by atoms with Crippen LogP contribution in [-0.2, 0) is 6.54 Å². The molecule has 0 fully saturated rings. The zero-order valence-electron chi connectivity index (χ0n) is 14.8. The lowest BCUT2D eigenvalue weighted by Gasteiger charge is -2.09. The number of hydrogen-bond donors (Lipinski definition) is 4. The Morgan fingerprint density at radius 1 is 1.14 bits per heavy atom. The quantitative estimate of drug-likeness (QED) is 0.374. The first-order valence-electron chi connectivity index (χ1n) is 8.28. The Labute approximate surface area is 162 Å². The number of phenolic OH excluding ortho intramolecular Hbond substituents is 1. The number of para-hydroxylation sites is 1. The van der Waals surface area contributed by atoms with Gasteiger partial charge in [-0.3, -0.25) is 19.1 Å². The summed E-state index contributed by atoms with van der Waals surface area (Å²) in [5.74, 6) is -2.13. The minimum Gasteiger partial charge on any atom is -0.507 e. The van der Waals surface area contributed by atoms with Crippen LogP contribution in [0.25, 0.3) is 0 Å². The first-order chi connectivity index (χ1) is 13.9. The lowest BCUT2D eigenvalue weighted by atomic mass is 10.2. The third-order valence-corrected chi connectivity index (χ3v) is 3.97. The molecule has 3 aromatic rings. The van der Waals surface area contributed by atoms with Crippen molar-refractivity contribution in [3.8, 4) is 11.6 Å². The number of hydrazone groups is 1. The van der Waals surface area contributed by atoms with Crippen LogP contribution in [0.1, 0.15) is 21.5 Å². The zero-order valence-corrected chi connectivity index (χ0v) is 14.8. The first kappa shape index (κ1) is 19.5. The van der Waals surface area contributed by atoms with Crippen LogP contribution in [0, 0.1) is 5.82 Å². The lowest BCUT2D eigenvalue weighted by molar-refractivity contribution is 0.0952. The Morgan fingerprint density at radius 2 is 1.83 bits per heavy atom. The molecule has 9 nitrogen and oxygen atoms in total. The van der Waals surface area contributed by atoms with E-state index in [1.165, 1.54) is 42.5 Å². The number of H-pyrrole nitrogens is 1. The van der Waals surface area contributed by atoms with E-state index in [4.69, 9.17) is 0 Å². The number of hydrogen-bond acceptors (Lipinski definition) is 6. The summed E-state index contributed by atoms with van der Waals surface area (Å²) in [5.41, 5.74) is 0.426. The molecular formula is C19H15FN4O5.